The standard InChI is InChI=1S/C35H23N3O/c1-3-12-24(13-4-1)35(25-14-5-2-6-15-25)29-17-7-9-19-31(29)38(32-20-10-8-18-30(32)35)26-22-28-27-16-11-21-36-33(27)39-34(28)37-23-26/h1-23H. The molecule has 0 saturated heterocycles. The summed E-state index contributed by atoms with van der Waals surface area (Å²) in [7, 11) is 0. The van der Waals surface area contributed by atoms with E-state index < -0.39 is 5.41 Å². The number of furan rings is 1. The first kappa shape index (κ1) is 21.8. The van der Waals surface area contributed by atoms with Crippen molar-refractivity contribution in [3.8, 4) is 0 Å². The van der Waals surface area contributed by atoms with E-state index in [1.54, 1.807) is 6.20 Å². The Labute approximate surface area is 225 Å². The van der Waals surface area contributed by atoms with Gasteiger partial charge in [-0.15, -0.1) is 0 Å². The fourth-order valence-corrected chi connectivity index (χ4v) is 6.30. The third kappa shape index (κ3) is 3.06. The minimum Gasteiger partial charge on any atom is -0.419 e. The fourth-order valence-electron chi connectivity index (χ4n) is 6.30. The lowest BCUT2D eigenvalue weighted by Gasteiger charge is -2.46. The SMILES string of the molecule is c1ccc(C2(c3ccccc3)c3ccccc3N(c3cnc4oc5ncccc5c4c3)c3ccccc32)cc1. The molecular formula is C35H23N3O. The van der Waals surface area contributed by atoms with E-state index in [0.29, 0.717) is 11.4 Å². The molecule has 0 amide bonds. The monoisotopic (exact) mass is 501 g/mol. The maximum absolute atomic E-state index is 5.94. The van der Waals surface area contributed by atoms with Crippen molar-refractivity contribution in [3.63, 3.8) is 0 Å². The van der Waals surface area contributed by atoms with Crippen molar-refractivity contribution in [2.75, 3.05) is 4.90 Å². The van der Waals surface area contributed by atoms with E-state index in [9.17, 15) is 0 Å². The molecule has 39 heavy (non-hydrogen) atoms. The summed E-state index contributed by atoms with van der Waals surface area (Å²) in [5, 5.41) is 1.91. The highest BCUT2D eigenvalue weighted by molar-refractivity contribution is 6.04. The molecule has 4 heterocycles. The van der Waals surface area contributed by atoms with Crippen LogP contribution in [0.5, 0.6) is 0 Å². The van der Waals surface area contributed by atoms with Crippen molar-refractivity contribution < 1.29 is 4.42 Å². The van der Waals surface area contributed by atoms with Crippen LogP contribution in [-0.2, 0) is 5.41 Å². The summed E-state index contributed by atoms with van der Waals surface area (Å²) in [6, 6.07) is 45.3. The Morgan fingerprint density at radius 1 is 0.538 bits per heavy atom. The molecule has 4 heteroatoms. The molecule has 184 valence electrons. The number of hydrogen-bond donors (Lipinski definition) is 0. The van der Waals surface area contributed by atoms with Crippen LogP contribution in [0.25, 0.3) is 22.2 Å². The van der Waals surface area contributed by atoms with Crippen LogP contribution in [0.15, 0.2) is 144 Å². The smallest absolute Gasteiger partial charge is 0.229 e. The molecule has 0 radical (unpaired) electrons. The summed E-state index contributed by atoms with van der Waals surface area (Å²) in [6.07, 6.45) is 3.64. The Morgan fingerprint density at radius 3 is 1.74 bits per heavy atom. The van der Waals surface area contributed by atoms with Crippen LogP contribution in [0.2, 0.25) is 0 Å². The largest absolute Gasteiger partial charge is 0.419 e. The highest BCUT2D eigenvalue weighted by Crippen LogP contribution is 2.57. The van der Waals surface area contributed by atoms with Crippen LogP contribution in [0.3, 0.4) is 0 Å². The topological polar surface area (TPSA) is 42.2 Å². The van der Waals surface area contributed by atoms with Crippen molar-refractivity contribution in [2.45, 2.75) is 5.41 Å². The van der Waals surface area contributed by atoms with Gasteiger partial charge in [0, 0.05) is 11.6 Å². The molecule has 0 spiro atoms. The van der Waals surface area contributed by atoms with Gasteiger partial charge >= 0.3 is 0 Å². The second kappa shape index (κ2) is 8.40. The third-order valence-corrected chi connectivity index (χ3v) is 7.86. The number of nitrogens with zero attached hydrogens (tertiary/aromatic N) is 3. The van der Waals surface area contributed by atoms with Crippen LogP contribution >= 0.6 is 0 Å². The Balaban J connectivity index is 1.47. The minimum atomic E-state index is -0.490. The second-order valence-corrected chi connectivity index (χ2v) is 9.86. The summed E-state index contributed by atoms with van der Waals surface area (Å²) >= 11 is 0. The van der Waals surface area contributed by atoms with Crippen molar-refractivity contribution in [1.29, 1.82) is 0 Å². The molecule has 4 aromatic carbocycles. The lowest BCUT2D eigenvalue weighted by molar-refractivity contribution is 0.640. The van der Waals surface area contributed by atoms with Gasteiger partial charge in [0.1, 0.15) is 0 Å². The summed E-state index contributed by atoms with van der Waals surface area (Å²) < 4.78 is 5.94. The highest BCUT2D eigenvalue weighted by Gasteiger charge is 2.46. The van der Waals surface area contributed by atoms with Crippen molar-refractivity contribution in [1.82, 2.24) is 9.97 Å². The summed E-state index contributed by atoms with van der Waals surface area (Å²) in [6.45, 7) is 0. The van der Waals surface area contributed by atoms with Gasteiger partial charge in [-0.2, -0.15) is 0 Å². The average molecular weight is 502 g/mol. The molecular weight excluding hydrogens is 478 g/mol. The Kier molecular flexibility index (Phi) is 4.70. The molecule has 0 saturated carbocycles. The maximum Gasteiger partial charge on any atom is 0.229 e. The molecule has 0 aliphatic carbocycles. The van der Waals surface area contributed by atoms with Gasteiger partial charge in [-0.1, -0.05) is 97.1 Å². The van der Waals surface area contributed by atoms with E-state index in [0.717, 1.165) is 27.8 Å². The van der Waals surface area contributed by atoms with Crippen LogP contribution < -0.4 is 4.90 Å². The second-order valence-electron chi connectivity index (χ2n) is 9.86. The Morgan fingerprint density at radius 2 is 1.10 bits per heavy atom. The lowest BCUT2D eigenvalue weighted by atomic mass is 9.62. The van der Waals surface area contributed by atoms with Crippen LogP contribution in [0.4, 0.5) is 17.1 Å². The van der Waals surface area contributed by atoms with Gasteiger partial charge in [0.05, 0.1) is 34.1 Å². The number of fused-ring (bicyclic) bond motifs is 5. The van der Waals surface area contributed by atoms with Gasteiger partial charge in [0.25, 0.3) is 0 Å². The molecule has 0 bridgehead atoms. The lowest BCUT2D eigenvalue weighted by Crippen LogP contribution is -2.37. The van der Waals surface area contributed by atoms with Gasteiger partial charge < -0.3 is 9.32 Å². The molecule has 3 aromatic heterocycles. The summed E-state index contributed by atoms with van der Waals surface area (Å²) in [4.78, 5) is 11.5. The predicted molar refractivity (Wildman–Crippen MR) is 156 cm³/mol. The normalized spacial score (nSPS) is 13.8. The van der Waals surface area contributed by atoms with Crippen LogP contribution in [0.1, 0.15) is 22.3 Å². The first-order valence-electron chi connectivity index (χ1n) is 13.1. The van der Waals surface area contributed by atoms with Crippen LogP contribution in [-0.4, -0.2) is 9.97 Å². The molecule has 7 aromatic rings. The van der Waals surface area contributed by atoms with Crippen molar-refractivity contribution >= 4 is 39.3 Å². The highest BCUT2D eigenvalue weighted by atomic mass is 16.3. The number of anilines is 3. The fraction of sp³-hybridized carbons (Fsp3) is 0.0286. The number of para-hydroxylation sites is 2. The molecule has 1 aliphatic heterocycles. The van der Waals surface area contributed by atoms with Gasteiger partial charge in [-0.25, -0.2) is 9.97 Å². The molecule has 0 atom stereocenters. The molecule has 4 nitrogen and oxygen atoms in total. The zero-order valence-corrected chi connectivity index (χ0v) is 21.0. The number of benzene rings is 4. The Bertz CT molecular complexity index is 1890. The maximum atomic E-state index is 5.94. The van der Waals surface area contributed by atoms with E-state index in [-0.39, 0.29) is 0 Å². The van der Waals surface area contributed by atoms with E-state index in [1.807, 2.05) is 18.3 Å². The average Bonchev–Trinajstić information content (AvgIpc) is 3.39. The number of hydrogen-bond acceptors (Lipinski definition) is 4. The van der Waals surface area contributed by atoms with Crippen molar-refractivity contribution in [3.05, 3.63) is 162 Å². The zero-order chi connectivity index (χ0) is 25.8. The Hall–Kier alpha value is -5.22. The summed E-state index contributed by atoms with van der Waals surface area (Å²) in [5.74, 6) is 0. The van der Waals surface area contributed by atoms with E-state index in [1.165, 1.54) is 22.3 Å². The van der Waals surface area contributed by atoms with E-state index in [2.05, 4.69) is 125 Å². The molecule has 0 fully saturated rings. The van der Waals surface area contributed by atoms with Gasteiger partial charge in [0.2, 0.25) is 11.4 Å². The predicted octanol–water partition coefficient (Wildman–Crippen LogP) is 8.54. The number of rotatable bonds is 3. The van der Waals surface area contributed by atoms with E-state index >= 15 is 0 Å². The summed E-state index contributed by atoms with van der Waals surface area (Å²) in [5.41, 5.74) is 8.83. The van der Waals surface area contributed by atoms with Gasteiger partial charge in [-0.3, -0.25) is 0 Å². The first-order valence-corrected chi connectivity index (χ1v) is 13.1. The number of pyridine rings is 2. The molecule has 8 rings (SSSR count). The molecule has 1 aliphatic rings. The van der Waals surface area contributed by atoms with E-state index in [4.69, 9.17) is 9.40 Å². The first-order chi connectivity index (χ1) is 19.4. The number of aromatic nitrogens is 2. The zero-order valence-electron chi connectivity index (χ0n) is 21.0. The van der Waals surface area contributed by atoms with Gasteiger partial charge in [-0.05, 0) is 52.6 Å². The minimum absolute atomic E-state index is 0.490. The van der Waals surface area contributed by atoms with Gasteiger partial charge in [0.15, 0.2) is 0 Å². The van der Waals surface area contributed by atoms with Crippen LogP contribution in [0, 0.1) is 0 Å². The quantitative estimate of drug-likeness (QED) is 0.243. The van der Waals surface area contributed by atoms with Crippen molar-refractivity contribution in [2.24, 2.45) is 0 Å². The molecule has 0 N–H and O–H groups in total. The third-order valence-electron chi connectivity index (χ3n) is 7.86. The molecule has 0 unspecified atom stereocenters.